The number of rotatable bonds is 5. The van der Waals surface area contributed by atoms with Crippen molar-refractivity contribution >= 4 is 12.0 Å². The van der Waals surface area contributed by atoms with Gasteiger partial charge in [0.05, 0.1) is 5.92 Å². The van der Waals surface area contributed by atoms with E-state index < -0.39 is 5.97 Å². The molecule has 5 heteroatoms. The van der Waals surface area contributed by atoms with E-state index in [0.717, 1.165) is 24.0 Å². The number of nitrogens with one attached hydrogen (secondary N) is 2. The Bertz CT molecular complexity index is 516. The van der Waals surface area contributed by atoms with Gasteiger partial charge in [-0.3, -0.25) is 4.79 Å². The predicted octanol–water partition coefficient (Wildman–Crippen LogP) is 2.30. The predicted molar refractivity (Wildman–Crippen MR) is 79.9 cm³/mol. The molecule has 3 N–H and O–H groups in total. The number of hydrogen-bond donors (Lipinski definition) is 3. The zero-order valence-corrected chi connectivity index (χ0v) is 12.3. The molecule has 2 atom stereocenters. The van der Waals surface area contributed by atoms with E-state index in [1.54, 1.807) is 0 Å². The van der Waals surface area contributed by atoms with Crippen molar-refractivity contribution in [2.24, 2.45) is 11.8 Å². The summed E-state index contributed by atoms with van der Waals surface area (Å²) in [5.74, 6) is -1.02. The number of benzene rings is 1. The van der Waals surface area contributed by atoms with E-state index in [4.69, 9.17) is 5.11 Å². The third kappa shape index (κ3) is 4.21. The molecule has 2 amide bonds. The Morgan fingerprint density at radius 1 is 1.24 bits per heavy atom. The number of hydrogen-bond acceptors (Lipinski definition) is 2. The van der Waals surface area contributed by atoms with Crippen LogP contribution in [0.1, 0.15) is 30.4 Å². The topological polar surface area (TPSA) is 78.4 Å². The maximum absolute atomic E-state index is 11.8. The zero-order chi connectivity index (χ0) is 15.2. The molecule has 0 radical (unpaired) electrons. The highest BCUT2D eigenvalue weighted by Gasteiger charge is 2.32. The summed E-state index contributed by atoms with van der Waals surface area (Å²) in [4.78, 5) is 22.9. The minimum absolute atomic E-state index is 0.0479. The van der Waals surface area contributed by atoms with Gasteiger partial charge in [-0.25, -0.2) is 4.79 Å². The minimum atomic E-state index is -0.750. The second-order valence-electron chi connectivity index (χ2n) is 5.63. The summed E-state index contributed by atoms with van der Waals surface area (Å²) in [5, 5.41) is 14.7. The molecule has 0 saturated heterocycles. The summed E-state index contributed by atoms with van der Waals surface area (Å²) >= 11 is 0. The van der Waals surface area contributed by atoms with Crippen molar-refractivity contribution < 1.29 is 14.7 Å². The van der Waals surface area contributed by atoms with E-state index in [1.165, 1.54) is 0 Å². The molecular weight excluding hydrogens is 268 g/mol. The first kappa shape index (κ1) is 15.4. The van der Waals surface area contributed by atoms with E-state index in [-0.39, 0.29) is 17.9 Å². The van der Waals surface area contributed by atoms with Gasteiger partial charge in [0, 0.05) is 13.1 Å². The maximum atomic E-state index is 11.8. The Hall–Kier alpha value is -2.04. The lowest BCUT2D eigenvalue weighted by molar-refractivity contribution is -0.142. The fourth-order valence-corrected chi connectivity index (χ4v) is 2.88. The molecule has 1 saturated carbocycles. The van der Waals surface area contributed by atoms with Crippen LogP contribution >= 0.6 is 0 Å². The van der Waals surface area contributed by atoms with Gasteiger partial charge in [0.1, 0.15) is 0 Å². The molecule has 5 nitrogen and oxygen atoms in total. The number of urea groups is 1. The number of carbonyl (C=O) groups excluding carboxylic acids is 1. The van der Waals surface area contributed by atoms with Gasteiger partial charge in [-0.2, -0.15) is 0 Å². The summed E-state index contributed by atoms with van der Waals surface area (Å²) in [5.41, 5.74) is 2.22. The Balaban J connectivity index is 1.75. The van der Waals surface area contributed by atoms with Crippen LogP contribution < -0.4 is 10.6 Å². The molecule has 1 aliphatic carbocycles. The molecule has 0 spiro atoms. The Kier molecular flexibility index (Phi) is 5.20. The van der Waals surface area contributed by atoms with Gasteiger partial charge >= 0.3 is 12.0 Å². The second kappa shape index (κ2) is 7.11. The lowest BCUT2D eigenvalue weighted by Crippen LogP contribution is -2.39. The first-order chi connectivity index (χ1) is 10.1. The number of amides is 2. The number of aryl methyl sites for hydroxylation is 1. The number of carbonyl (C=O) groups is 2. The minimum Gasteiger partial charge on any atom is -0.481 e. The van der Waals surface area contributed by atoms with Crippen molar-refractivity contribution in [2.45, 2.75) is 32.7 Å². The van der Waals surface area contributed by atoms with E-state index >= 15 is 0 Å². The van der Waals surface area contributed by atoms with Gasteiger partial charge in [0.15, 0.2) is 0 Å². The first-order valence-electron chi connectivity index (χ1n) is 7.37. The fraction of sp³-hybridized carbons (Fsp3) is 0.500. The molecule has 1 fully saturated rings. The monoisotopic (exact) mass is 290 g/mol. The van der Waals surface area contributed by atoms with Crippen LogP contribution in [0.5, 0.6) is 0 Å². The number of carboxylic acid groups (broad SMARTS) is 1. The van der Waals surface area contributed by atoms with Gasteiger partial charge in [-0.15, -0.1) is 0 Å². The maximum Gasteiger partial charge on any atom is 0.315 e. The molecule has 0 heterocycles. The summed E-state index contributed by atoms with van der Waals surface area (Å²) in [7, 11) is 0. The smallest absolute Gasteiger partial charge is 0.315 e. The van der Waals surface area contributed by atoms with E-state index in [1.807, 2.05) is 31.2 Å². The van der Waals surface area contributed by atoms with Crippen LogP contribution in [0.2, 0.25) is 0 Å². The van der Waals surface area contributed by atoms with E-state index in [9.17, 15) is 9.59 Å². The molecule has 1 aliphatic rings. The number of carboxylic acids is 1. The van der Waals surface area contributed by atoms with Crippen molar-refractivity contribution in [3.8, 4) is 0 Å². The Labute approximate surface area is 124 Å². The zero-order valence-electron chi connectivity index (χ0n) is 12.3. The van der Waals surface area contributed by atoms with Crippen LogP contribution in [0.15, 0.2) is 24.3 Å². The van der Waals surface area contributed by atoms with E-state index in [0.29, 0.717) is 19.5 Å². The molecule has 0 aromatic heterocycles. The van der Waals surface area contributed by atoms with Crippen molar-refractivity contribution in [3.05, 3.63) is 35.4 Å². The van der Waals surface area contributed by atoms with Crippen LogP contribution in [-0.2, 0) is 11.3 Å². The molecule has 1 aromatic rings. The van der Waals surface area contributed by atoms with E-state index in [2.05, 4.69) is 10.6 Å². The molecule has 2 unspecified atom stereocenters. The Morgan fingerprint density at radius 3 is 2.71 bits per heavy atom. The molecule has 2 rings (SSSR count). The van der Waals surface area contributed by atoms with Gasteiger partial charge in [0.2, 0.25) is 0 Å². The first-order valence-corrected chi connectivity index (χ1v) is 7.37. The second-order valence-corrected chi connectivity index (χ2v) is 5.63. The largest absolute Gasteiger partial charge is 0.481 e. The average molecular weight is 290 g/mol. The van der Waals surface area contributed by atoms with Gasteiger partial charge < -0.3 is 15.7 Å². The summed E-state index contributed by atoms with van der Waals surface area (Å²) in [6.45, 7) is 2.91. The lowest BCUT2D eigenvalue weighted by Gasteiger charge is -2.16. The molecule has 21 heavy (non-hydrogen) atoms. The lowest BCUT2D eigenvalue weighted by atomic mass is 9.96. The van der Waals surface area contributed by atoms with Crippen LogP contribution in [0, 0.1) is 18.8 Å². The highest BCUT2D eigenvalue weighted by atomic mass is 16.4. The van der Waals surface area contributed by atoms with Gasteiger partial charge in [-0.1, -0.05) is 30.7 Å². The molecule has 0 bridgehead atoms. The van der Waals surface area contributed by atoms with Crippen LogP contribution in [-0.4, -0.2) is 23.7 Å². The highest BCUT2D eigenvalue weighted by molar-refractivity contribution is 5.74. The van der Waals surface area contributed by atoms with Gasteiger partial charge in [0.25, 0.3) is 0 Å². The quantitative estimate of drug-likeness (QED) is 0.778. The number of aliphatic carboxylic acids is 1. The molecule has 0 aliphatic heterocycles. The summed E-state index contributed by atoms with van der Waals surface area (Å²) < 4.78 is 0. The molecule has 1 aromatic carbocycles. The van der Waals surface area contributed by atoms with Gasteiger partial charge in [-0.05, 0) is 36.8 Å². The normalized spacial score (nSPS) is 21.0. The summed E-state index contributed by atoms with van der Waals surface area (Å²) in [6, 6.07) is 7.65. The Morgan fingerprint density at radius 2 is 2.00 bits per heavy atom. The fourth-order valence-electron chi connectivity index (χ4n) is 2.88. The molecular formula is C16H22N2O3. The average Bonchev–Trinajstić information content (AvgIpc) is 2.93. The van der Waals surface area contributed by atoms with Crippen LogP contribution in [0.4, 0.5) is 4.79 Å². The summed E-state index contributed by atoms with van der Waals surface area (Å²) in [6.07, 6.45) is 2.51. The van der Waals surface area contributed by atoms with Crippen molar-refractivity contribution in [2.75, 3.05) is 6.54 Å². The van der Waals surface area contributed by atoms with Crippen molar-refractivity contribution in [3.63, 3.8) is 0 Å². The molecule has 114 valence electrons. The SMILES string of the molecule is Cc1ccccc1CNC(=O)NCC1CCCC1C(=O)O. The van der Waals surface area contributed by atoms with Crippen LogP contribution in [0.25, 0.3) is 0 Å². The highest BCUT2D eigenvalue weighted by Crippen LogP contribution is 2.31. The van der Waals surface area contributed by atoms with Crippen molar-refractivity contribution in [1.82, 2.24) is 10.6 Å². The third-order valence-electron chi connectivity index (χ3n) is 4.20. The van der Waals surface area contributed by atoms with Crippen molar-refractivity contribution in [1.29, 1.82) is 0 Å². The standard InChI is InChI=1S/C16H22N2O3/c1-11-5-2-3-6-12(11)9-17-16(21)18-10-13-7-4-8-14(13)15(19)20/h2-3,5-6,13-14H,4,7-10H2,1H3,(H,19,20)(H2,17,18,21). The van der Waals surface area contributed by atoms with Crippen LogP contribution in [0.3, 0.4) is 0 Å². The third-order valence-corrected chi connectivity index (χ3v) is 4.20.